The Morgan fingerprint density at radius 2 is 2.00 bits per heavy atom. The minimum atomic E-state index is -0.518. The van der Waals surface area contributed by atoms with Crippen molar-refractivity contribution in [2.45, 2.75) is 65.1 Å². The van der Waals surface area contributed by atoms with Gasteiger partial charge in [-0.15, -0.1) is 11.3 Å². The standard InChI is InChI=1S/C22H26BrNO5S/c1-14-5-4-6-21(26)29-19(10-15(2)23)12-20-24-17(13-30-20)7-8-18(25)11-22(27)28-16(3)9-14/h4-6,10,13,16,19H,7-9,11-12H2,1-3H3/t16-,19+/m0/s1. The van der Waals surface area contributed by atoms with Gasteiger partial charge in [-0.2, -0.15) is 0 Å². The van der Waals surface area contributed by atoms with E-state index in [1.54, 1.807) is 19.1 Å². The number of carbonyl (C=O) groups excluding carboxylic acids is 3. The molecule has 0 aliphatic carbocycles. The van der Waals surface area contributed by atoms with Crippen molar-refractivity contribution >= 4 is 45.0 Å². The lowest BCUT2D eigenvalue weighted by molar-refractivity contribution is -0.150. The van der Waals surface area contributed by atoms with E-state index < -0.39 is 18.0 Å². The van der Waals surface area contributed by atoms with Crippen LogP contribution in [0.1, 0.15) is 50.7 Å². The largest absolute Gasteiger partial charge is 0.462 e. The highest BCUT2D eigenvalue weighted by Gasteiger charge is 2.17. The van der Waals surface area contributed by atoms with Crippen molar-refractivity contribution in [2.75, 3.05) is 0 Å². The van der Waals surface area contributed by atoms with E-state index in [2.05, 4.69) is 20.9 Å². The average Bonchev–Trinajstić information content (AvgIpc) is 3.05. The van der Waals surface area contributed by atoms with Crippen LogP contribution in [0.15, 0.2) is 39.7 Å². The number of aryl methyl sites for hydroxylation is 1. The van der Waals surface area contributed by atoms with Crippen LogP contribution in [0.4, 0.5) is 0 Å². The summed E-state index contributed by atoms with van der Waals surface area (Å²) in [6.07, 6.45) is 7.18. The Bertz CT molecular complexity index is 867. The Hall–Kier alpha value is -2.06. The highest BCUT2D eigenvalue weighted by molar-refractivity contribution is 9.11. The van der Waals surface area contributed by atoms with Gasteiger partial charge in [-0.25, -0.2) is 9.78 Å². The monoisotopic (exact) mass is 495 g/mol. The zero-order chi connectivity index (χ0) is 22.1. The summed E-state index contributed by atoms with van der Waals surface area (Å²) < 4.78 is 11.7. The number of hydrogen-bond donors (Lipinski definition) is 0. The fourth-order valence-electron chi connectivity index (χ4n) is 2.95. The highest BCUT2D eigenvalue weighted by Crippen LogP contribution is 2.18. The summed E-state index contributed by atoms with van der Waals surface area (Å²) in [6, 6.07) is 0. The number of halogens is 1. The first-order valence-corrected chi connectivity index (χ1v) is 11.4. The van der Waals surface area contributed by atoms with Gasteiger partial charge >= 0.3 is 11.9 Å². The first-order valence-electron chi connectivity index (χ1n) is 9.74. The Balaban J connectivity index is 2.21. The Morgan fingerprint density at radius 3 is 2.73 bits per heavy atom. The number of fused-ring (bicyclic) bond motifs is 2. The van der Waals surface area contributed by atoms with Crippen molar-refractivity contribution < 1.29 is 23.9 Å². The van der Waals surface area contributed by atoms with Crippen molar-refractivity contribution in [2.24, 2.45) is 0 Å². The van der Waals surface area contributed by atoms with E-state index in [0.717, 1.165) is 20.8 Å². The number of cyclic esters (lactones) is 2. The maximum atomic E-state index is 12.2. The number of nitrogens with zero attached hydrogens (tertiary/aromatic N) is 1. The summed E-state index contributed by atoms with van der Waals surface area (Å²) in [5.74, 6) is -1.13. The van der Waals surface area contributed by atoms with Gasteiger partial charge in [0.25, 0.3) is 0 Å². The molecule has 0 amide bonds. The molecule has 0 fully saturated rings. The van der Waals surface area contributed by atoms with Crippen molar-refractivity contribution in [3.63, 3.8) is 0 Å². The van der Waals surface area contributed by atoms with Gasteiger partial charge in [0.15, 0.2) is 0 Å². The van der Waals surface area contributed by atoms with E-state index in [1.807, 2.05) is 25.3 Å². The molecule has 1 aromatic heterocycles. The number of aromatic nitrogens is 1. The van der Waals surface area contributed by atoms with Crippen LogP contribution in [0, 0.1) is 0 Å². The molecular weight excluding hydrogens is 470 g/mol. The third-order valence-electron chi connectivity index (χ3n) is 4.21. The number of hydrogen-bond acceptors (Lipinski definition) is 7. The number of ether oxygens (including phenoxy) is 2. The van der Waals surface area contributed by atoms with Gasteiger partial charge in [0, 0.05) is 30.7 Å². The predicted molar refractivity (Wildman–Crippen MR) is 119 cm³/mol. The maximum absolute atomic E-state index is 12.2. The molecule has 1 aliphatic rings. The summed E-state index contributed by atoms with van der Waals surface area (Å²) in [6.45, 7) is 5.53. The minimum absolute atomic E-state index is 0.167. The Kier molecular flexibility index (Phi) is 9.65. The second kappa shape index (κ2) is 12.0. The SMILES string of the molecule is CC(Br)=C[C@@H]1Cc2nc(cs2)CCC(=O)CC(=O)O[C@@H](C)CC(C)=CC=CC(=O)O1. The number of thiazole rings is 1. The zero-order valence-electron chi connectivity index (χ0n) is 17.4. The fourth-order valence-corrected chi connectivity index (χ4v) is 4.11. The topological polar surface area (TPSA) is 82.6 Å². The van der Waals surface area contributed by atoms with Crippen molar-refractivity contribution in [3.05, 3.63) is 50.4 Å². The van der Waals surface area contributed by atoms with Gasteiger partial charge in [0.1, 0.15) is 24.4 Å². The summed E-state index contributed by atoms with van der Waals surface area (Å²) >= 11 is 4.84. The number of ketones is 1. The van der Waals surface area contributed by atoms with Gasteiger partial charge < -0.3 is 9.47 Å². The van der Waals surface area contributed by atoms with Crippen LogP contribution in [-0.2, 0) is 36.7 Å². The quantitative estimate of drug-likeness (QED) is 0.417. The first-order chi connectivity index (χ1) is 14.2. The van der Waals surface area contributed by atoms with E-state index in [-0.39, 0.29) is 24.7 Å². The molecule has 8 heteroatoms. The molecule has 0 N–H and O–H groups in total. The molecule has 0 unspecified atom stereocenters. The molecule has 6 nitrogen and oxygen atoms in total. The Morgan fingerprint density at radius 1 is 1.23 bits per heavy atom. The predicted octanol–water partition coefficient (Wildman–Crippen LogP) is 4.63. The molecule has 0 radical (unpaired) electrons. The number of Topliss-reactive ketones (excluding diaryl/α,β-unsaturated/α-hetero) is 1. The van der Waals surface area contributed by atoms with Gasteiger partial charge in [0.05, 0.1) is 10.7 Å². The van der Waals surface area contributed by atoms with Gasteiger partial charge in [-0.05, 0) is 37.8 Å². The van der Waals surface area contributed by atoms with Crippen LogP contribution in [0.2, 0.25) is 0 Å². The number of allylic oxidation sites excluding steroid dienone is 3. The second-order valence-electron chi connectivity index (χ2n) is 7.26. The number of carbonyl (C=O) groups is 3. The third-order valence-corrected chi connectivity index (χ3v) is 5.40. The molecule has 30 heavy (non-hydrogen) atoms. The zero-order valence-corrected chi connectivity index (χ0v) is 19.8. The van der Waals surface area contributed by atoms with Crippen molar-refractivity contribution in [1.29, 1.82) is 0 Å². The van der Waals surface area contributed by atoms with Crippen molar-refractivity contribution in [3.8, 4) is 0 Å². The molecule has 162 valence electrons. The first kappa shape index (κ1) is 24.2. The van der Waals surface area contributed by atoms with Crippen LogP contribution in [0.3, 0.4) is 0 Å². The lowest BCUT2D eigenvalue weighted by atomic mass is 10.1. The Labute approximate surface area is 189 Å². The lowest BCUT2D eigenvalue weighted by Gasteiger charge is -2.13. The molecule has 0 saturated carbocycles. The molecule has 0 aromatic carbocycles. The van der Waals surface area contributed by atoms with Crippen LogP contribution in [0.5, 0.6) is 0 Å². The van der Waals surface area contributed by atoms with E-state index in [9.17, 15) is 14.4 Å². The fraction of sp³-hybridized carbons (Fsp3) is 0.455. The normalized spacial score (nSPS) is 23.0. The molecular formula is C22H26BrNO5S. The van der Waals surface area contributed by atoms with Crippen LogP contribution in [-0.4, -0.2) is 34.9 Å². The van der Waals surface area contributed by atoms with Gasteiger partial charge in [-0.1, -0.05) is 33.7 Å². The highest BCUT2D eigenvalue weighted by atomic mass is 79.9. The summed E-state index contributed by atoms with van der Waals surface area (Å²) in [5, 5.41) is 2.70. The third kappa shape index (κ3) is 9.17. The van der Waals surface area contributed by atoms with Gasteiger partial charge in [-0.3, -0.25) is 9.59 Å². The summed E-state index contributed by atoms with van der Waals surface area (Å²) in [4.78, 5) is 40.8. The van der Waals surface area contributed by atoms with E-state index in [1.165, 1.54) is 17.4 Å². The van der Waals surface area contributed by atoms with Crippen LogP contribution in [0.25, 0.3) is 0 Å². The second-order valence-corrected chi connectivity index (χ2v) is 9.45. The molecule has 0 saturated heterocycles. The number of esters is 2. The maximum Gasteiger partial charge on any atom is 0.331 e. The van der Waals surface area contributed by atoms with Gasteiger partial charge in [0.2, 0.25) is 0 Å². The lowest BCUT2D eigenvalue weighted by Crippen LogP contribution is -2.18. The summed E-state index contributed by atoms with van der Waals surface area (Å²) in [5.41, 5.74) is 1.72. The van der Waals surface area contributed by atoms with Crippen LogP contribution >= 0.6 is 27.3 Å². The molecule has 0 spiro atoms. The van der Waals surface area contributed by atoms with E-state index in [0.29, 0.717) is 19.3 Å². The smallest absolute Gasteiger partial charge is 0.331 e. The van der Waals surface area contributed by atoms with Crippen LogP contribution < -0.4 is 0 Å². The molecule has 1 aromatic rings. The molecule has 1 aliphatic heterocycles. The van der Waals surface area contributed by atoms with Crippen molar-refractivity contribution in [1.82, 2.24) is 4.98 Å². The van der Waals surface area contributed by atoms with E-state index >= 15 is 0 Å². The molecule has 2 bridgehead atoms. The molecule has 2 rings (SSSR count). The van der Waals surface area contributed by atoms with E-state index in [4.69, 9.17) is 9.47 Å². The minimum Gasteiger partial charge on any atom is -0.462 e. The molecule has 2 heterocycles. The average molecular weight is 496 g/mol. The number of rotatable bonds is 1. The molecule has 2 atom stereocenters. The summed E-state index contributed by atoms with van der Waals surface area (Å²) in [7, 11) is 0.